The van der Waals surface area contributed by atoms with Gasteiger partial charge in [-0.3, -0.25) is 14.5 Å². The second-order valence-electron chi connectivity index (χ2n) is 5.18. The normalized spacial score (nSPS) is 16.1. The number of esters is 1. The van der Waals surface area contributed by atoms with E-state index in [4.69, 9.17) is 28.6 Å². The number of nitrogens with zero attached hydrogens (tertiary/aromatic N) is 1. The van der Waals surface area contributed by atoms with E-state index in [1.165, 1.54) is 16.7 Å². The van der Waals surface area contributed by atoms with Crippen molar-refractivity contribution in [1.29, 1.82) is 0 Å². The highest BCUT2D eigenvalue weighted by Gasteiger charge is 2.32. The van der Waals surface area contributed by atoms with E-state index >= 15 is 0 Å². The summed E-state index contributed by atoms with van der Waals surface area (Å²) >= 11 is 12.6. The molecule has 0 N–H and O–H groups in total. The first-order valence-electron chi connectivity index (χ1n) is 7.68. The molecule has 0 aliphatic carbocycles. The highest BCUT2D eigenvalue weighted by Crippen LogP contribution is 2.33. The standard InChI is InChI=1S/C17H18ClNO3S2/c1-2-3-10-22-15(20)8-9-19-16(21)14(24-17(19)23)11-12-6-4-5-7-13(12)18/h4-7,11H,2-3,8-10H2,1H3. The molecule has 128 valence electrons. The summed E-state index contributed by atoms with van der Waals surface area (Å²) in [5.74, 6) is -0.515. The van der Waals surface area contributed by atoms with E-state index in [0.29, 0.717) is 20.9 Å². The number of hydrogen-bond acceptors (Lipinski definition) is 5. The first kappa shape index (κ1) is 19.0. The number of benzene rings is 1. The maximum atomic E-state index is 12.5. The third-order valence-corrected chi connectivity index (χ3v) is 5.09. The summed E-state index contributed by atoms with van der Waals surface area (Å²) in [5, 5.41) is 0.572. The summed E-state index contributed by atoms with van der Waals surface area (Å²) in [6, 6.07) is 7.28. The van der Waals surface area contributed by atoms with Crippen molar-refractivity contribution in [1.82, 2.24) is 4.90 Å². The van der Waals surface area contributed by atoms with Crippen LogP contribution in [0.1, 0.15) is 31.7 Å². The minimum Gasteiger partial charge on any atom is -0.466 e. The summed E-state index contributed by atoms with van der Waals surface area (Å²) < 4.78 is 5.54. The minimum absolute atomic E-state index is 0.134. The fourth-order valence-electron chi connectivity index (χ4n) is 2.03. The van der Waals surface area contributed by atoms with Crippen LogP contribution >= 0.6 is 35.6 Å². The molecule has 1 aliphatic heterocycles. The zero-order valence-corrected chi connectivity index (χ0v) is 15.7. The molecule has 24 heavy (non-hydrogen) atoms. The molecule has 0 spiro atoms. The Bertz CT molecular complexity index is 676. The summed E-state index contributed by atoms with van der Waals surface area (Å²) in [6.45, 7) is 2.68. The van der Waals surface area contributed by atoms with Gasteiger partial charge < -0.3 is 4.74 Å². The third kappa shape index (κ3) is 5.06. The zero-order valence-electron chi connectivity index (χ0n) is 13.3. The first-order valence-corrected chi connectivity index (χ1v) is 9.28. The van der Waals surface area contributed by atoms with Gasteiger partial charge in [-0.05, 0) is 24.1 Å². The fourth-order valence-corrected chi connectivity index (χ4v) is 3.52. The van der Waals surface area contributed by atoms with Crippen LogP contribution in [-0.4, -0.2) is 34.2 Å². The number of ether oxygens (including phenoxy) is 1. The van der Waals surface area contributed by atoms with Gasteiger partial charge in [0, 0.05) is 11.6 Å². The molecule has 0 unspecified atom stereocenters. The van der Waals surface area contributed by atoms with E-state index in [1.54, 1.807) is 12.1 Å². The second kappa shape index (κ2) is 9.20. The Balaban J connectivity index is 1.97. The Morgan fingerprint density at radius 3 is 2.88 bits per heavy atom. The van der Waals surface area contributed by atoms with E-state index in [0.717, 1.165) is 18.4 Å². The lowest BCUT2D eigenvalue weighted by Crippen LogP contribution is -2.30. The number of carbonyl (C=O) groups excluding carboxylic acids is 2. The molecule has 1 aromatic rings. The third-order valence-electron chi connectivity index (χ3n) is 3.37. The number of hydrogen-bond donors (Lipinski definition) is 0. The molecule has 4 nitrogen and oxygen atoms in total. The summed E-state index contributed by atoms with van der Waals surface area (Å²) in [6.07, 6.45) is 3.67. The average molecular weight is 384 g/mol. The Kier molecular flexibility index (Phi) is 7.27. The lowest BCUT2D eigenvalue weighted by atomic mass is 10.2. The molecule has 1 fully saturated rings. The van der Waals surface area contributed by atoms with Crippen molar-refractivity contribution in [3.8, 4) is 0 Å². The Morgan fingerprint density at radius 1 is 1.42 bits per heavy atom. The molecule has 2 rings (SSSR count). The maximum Gasteiger partial charge on any atom is 0.307 e. The van der Waals surface area contributed by atoms with Crippen LogP contribution in [0, 0.1) is 0 Å². The molecule has 0 aromatic heterocycles. The molecule has 1 saturated heterocycles. The van der Waals surface area contributed by atoms with Crippen molar-refractivity contribution in [3.05, 3.63) is 39.8 Å². The second-order valence-corrected chi connectivity index (χ2v) is 7.26. The molecule has 1 heterocycles. The Labute approximate surface area is 156 Å². The summed E-state index contributed by atoms with van der Waals surface area (Å²) in [4.78, 5) is 26.1. The molecule has 7 heteroatoms. The van der Waals surface area contributed by atoms with Crippen LogP contribution in [0.2, 0.25) is 5.02 Å². The van der Waals surface area contributed by atoms with Gasteiger partial charge in [0.2, 0.25) is 0 Å². The van der Waals surface area contributed by atoms with Crippen molar-refractivity contribution < 1.29 is 14.3 Å². The highest BCUT2D eigenvalue weighted by molar-refractivity contribution is 8.26. The van der Waals surface area contributed by atoms with E-state index < -0.39 is 0 Å². The molecule has 1 amide bonds. The molecular weight excluding hydrogens is 366 g/mol. The largest absolute Gasteiger partial charge is 0.466 e. The van der Waals surface area contributed by atoms with Crippen molar-refractivity contribution in [2.45, 2.75) is 26.2 Å². The van der Waals surface area contributed by atoms with Crippen molar-refractivity contribution >= 4 is 57.9 Å². The van der Waals surface area contributed by atoms with Gasteiger partial charge in [0.15, 0.2) is 0 Å². The van der Waals surface area contributed by atoms with Gasteiger partial charge in [0.25, 0.3) is 5.91 Å². The molecule has 0 saturated carbocycles. The van der Waals surface area contributed by atoms with E-state index in [9.17, 15) is 9.59 Å². The van der Waals surface area contributed by atoms with Crippen molar-refractivity contribution in [3.63, 3.8) is 0 Å². The molecular formula is C17H18ClNO3S2. The van der Waals surface area contributed by atoms with Crippen molar-refractivity contribution in [2.75, 3.05) is 13.2 Å². The summed E-state index contributed by atoms with van der Waals surface area (Å²) in [7, 11) is 0. The number of amides is 1. The van der Waals surface area contributed by atoms with Gasteiger partial charge in [-0.25, -0.2) is 0 Å². The van der Waals surface area contributed by atoms with Gasteiger partial charge in [-0.2, -0.15) is 0 Å². The van der Waals surface area contributed by atoms with Gasteiger partial charge in [0.05, 0.1) is 17.9 Å². The van der Waals surface area contributed by atoms with Crippen molar-refractivity contribution in [2.24, 2.45) is 0 Å². The Hall–Kier alpha value is -1.37. The van der Waals surface area contributed by atoms with Crippen LogP contribution < -0.4 is 0 Å². The molecule has 0 atom stereocenters. The van der Waals surface area contributed by atoms with Crippen LogP contribution in [-0.2, 0) is 14.3 Å². The number of rotatable bonds is 7. The molecule has 0 bridgehead atoms. The number of carbonyl (C=O) groups is 2. The van der Waals surface area contributed by atoms with Gasteiger partial charge in [-0.15, -0.1) is 0 Å². The van der Waals surface area contributed by atoms with Gasteiger partial charge in [-0.1, -0.05) is 67.1 Å². The zero-order chi connectivity index (χ0) is 17.5. The Morgan fingerprint density at radius 2 is 2.17 bits per heavy atom. The predicted octanol–water partition coefficient (Wildman–Crippen LogP) is 4.27. The van der Waals surface area contributed by atoms with E-state index in [2.05, 4.69) is 0 Å². The topological polar surface area (TPSA) is 46.6 Å². The van der Waals surface area contributed by atoms with Crippen LogP contribution in [0.3, 0.4) is 0 Å². The fraction of sp³-hybridized carbons (Fsp3) is 0.353. The number of thiocarbonyl (C=S) groups is 1. The smallest absolute Gasteiger partial charge is 0.307 e. The molecule has 0 radical (unpaired) electrons. The predicted molar refractivity (Wildman–Crippen MR) is 102 cm³/mol. The molecule has 1 aromatic carbocycles. The quantitative estimate of drug-likeness (QED) is 0.304. The van der Waals surface area contributed by atoms with Gasteiger partial charge in [0.1, 0.15) is 4.32 Å². The number of thioether (sulfide) groups is 1. The van der Waals surface area contributed by atoms with Gasteiger partial charge >= 0.3 is 5.97 Å². The van der Waals surface area contributed by atoms with Crippen LogP contribution in [0.4, 0.5) is 0 Å². The number of unbranched alkanes of at least 4 members (excludes halogenated alkanes) is 1. The monoisotopic (exact) mass is 383 g/mol. The molecule has 1 aliphatic rings. The highest BCUT2D eigenvalue weighted by atomic mass is 35.5. The van der Waals surface area contributed by atoms with Crippen LogP contribution in [0.25, 0.3) is 6.08 Å². The average Bonchev–Trinajstić information content (AvgIpc) is 2.82. The summed E-state index contributed by atoms with van der Waals surface area (Å²) in [5.41, 5.74) is 0.763. The van der Waals surface area contributed by atoms with Crippen LogP contribution in [0.5, 0.6) is 0 Å². The first-order chi connectivity index (χ1) is 11.5. The SMILES string of the molecule is CCCCOC(=O)CCN1C(=O)C(=Cc2ccccc2Cl)SC1=S. The maximum absolute atomic E-state index is 12.5. The lowest BCUT2D eigenvalue weighted by molar-refractivity contribution is -0.144. The minimum atomic E-state index is -0.312. The van der Waals surface area contributed by atoms with E-state index in [1.807, 2.05) is 25.1 Å². The number of halogens is 1. The van der Waals surface area contributed by atoms with Crippen LogP contribution in [0.15, 0.2) is 29.2 Å². The lowest BCUT2D eigenvalue weighted by Gasteiger charge is -2.13. The van der Waals surface area contributed by atoms with E-state index in [-0.39, 0.29) is 24.8 Å².